The zero-order valence-corrected chi connectivity index (χ0v) is 43.4. The molecule has 0 aliphatic heterocycles. The van der Waals surface area contributed by atoms with E-state index in [1.54, 1.807) is 0 Å². The molecular formula is C56H112N2O5. The van der Waals surface area contributed by atoms with Crippen LogP contribution in [0.25, 0.3) is 0 Å². The van der Waals surface area contributed by atoms with Crippen molar-refractivity contribution in [2.45, 2.75) is 278 Å². The second kappa shape index (κ2) is 50.2. The lowest BCUT2D eigenvalue weighted by molar-refractivity contribution is -0.146. The van der Waals surface area contributed by atoms with Crippen molar-refractivity contribution < 1.29 is 24.2 Å². The maximum atomic E-state index is 12.7. The molecule has 0 bridgehead atoms. The van der Waals surface area contributed by atoms with Crippen molar-refractivity contribution in [3.8, 4) is 0 Å². The topological polar surface area (TPSA) is 79.3 Å². The maximum absolute atomic E-state index is 12.7. The first-order valence-corrected chi connectivity index (χ1v) is 28.2. The van der Waals surface area contributed by atoms with E-state index in [9.17, 15) is 9.59 Å². The fraction of sp³-hybridized carbons (Fsp3) is 0.964. The molecule has 63 heavy (non-hydrogen) atoms. The van der Waals surface area contributed by atoms with Gasteiger partial charge in [0.1, 0.15) is 0 Å². The normalized spacial score (nSPS) is 12.7. The third-order valence-electron chi connectivity index (χ3n) is 13.5. The molecule has 0 heterocycles. The van der Waals surface area contributed by atoms with Gasteiger partial charge in [0.05, 0.1) is 13.2 Å². The first kappa shape index (κ1) is 61.8. The highest BCUT2D eigenvalue weighted by Crippen LogP contribution is 2.22. The van der Waals surface area contributed by atoms with Crippen molar-refractivity contribution in [3.05, 3.63) is 0 Å². The van der Waals surface area contributed by atoms with Crippen LogP contribution in [0.5, 0.6) is 0 Å². The van der Waals surface area contributed by atoms with Crippen molar-refractivity contribution in [2.24, 2.45) is 11.8 Å². The Morgan fingerprint density at radius 2 is 0.698 bits per heavy atom. The third-order valence-corrected chi connectivity index (χ3v) is 13.5. The fourth-order valence-electron chi connectivity index (χ4n) is 9.03. The summed E-state index contributed by atoms with van der Waals surface area (Å²) in [6.07, 6.45) is 46.6. The Balaban J connectivity index is 4.54. The van der Waals surface area contributed by atoms with Gasteiger partial charge >= 0.3 is 11.9 Å². The first-order chi connectivity index (χ1) is 30.9. The Labute approximate surface area is 394 Å². The van der Waals surface area contributed by atoms with Gasteiger partial charge in [-0.15, -0.1) is 0 Å². The van der Waals surface area contributed by atoms with Crippen LogP contribution in [0, 0.1) is 11.8 Å². The Morgan fingerprint density at radius 3 is 1.13 bits per heavy atom. The van der Waals surface area contributed by atoms with Gasteiger partial charge in [0.15, 0.2) is 0 Å². The van der Waals surface area contributed by atoms with Gasteiger partial charge in [-0.3, -0.25) is 9.59 Å². The number of esters is 2. The summed E-state index contributed by atoms with van der Waals surface area (Å²) in [5, 5.41) is 9.10. The summed E-state index contributed by atoms with van der Waals surface area (Å²) in [6, 6.07) is 0. The minimum absolute atomic E-state index is 0.0118. The summed E-state index contributed by atoms with van der Waals surface area (Å²) in [4.78, 5) is 30.5. The van der Waals surface area contributed by atoms with Gasteiger partial charge in [-0.05, 0) is 103 Å². The van der Waals surface area contributed by atoms with Crippen molar-refractivity contribution >= 4 is 11.9 Å². The number of likely N-dealkylation sites (N-methyl/N-ethyl adjacent to an activating group) is 1. The molecule has 0 aromatic rings. The van der Waals surface area contributed by atoms with Crippen LogP contribution in [0.2, 0.25) is 0 Å². The average molecular weight is 894 g/mol. The van der Waals surface area contributed by atoms with Crippen molar-refractivity contribution in [1.82, 2.24) is 9.80 Å². The molecule has 2 atom stereocenters. The highest BCUT2D eigenvalue weighted by Gasteiger charge is 2.14. The van der Waals surface area contributed by atoms with Crippen LogP contribution in [0.4, 0.5) is 0 Å². The van der Waals surface area contributed by atoms with Crippen molar-refractivity contribution in [2.75, 3.05) is 59.6 Å². The summed E-state index contributed by atoms with van der Waals surface area (Å²) < 4.78 is 11.7. The van der Waals surface area contributed by atoms with Crippen LogP contribution in [0.3, 0.4) is 0 Å². The number of rotatable bonds is 52. The van der Waals surface area contributed by atoms with E-state index >= 15 is 0 Å². The van der Waals surface area contributed by atoms with Gasteiger partial charge in [0.25, 0.3) is 0 Å². The van der Waals surface area contributed by atoms with E-state index in [2.05, 4.69) is 44.5 Å². The van der Waals surface area contributed by atoms with Gasteiger partial charge < -0.3 is 24.4 Å². The molecule has 0 rings (SSSR count). The second-order valence-electron chi connectivity index (χ2n) is 19.9. The van der Waals surface area contributed by atoms with Crippen LogP contribution in [-0.4, -0.2) is 86.4 Å². The molecule has 0 fully saturated rings. The molecule has 376 valence electrons. The molecule has 0 spiro atoms. The second-order valence-corrected chi connectivity index (χ2v) is 19.9. The number of unbranched alkanes of at least 4 members (excludes halogenated alkanes) is 26. The lowest BCUT2D eigenvalue weighted by atomic mass is 9.95. The van der Waals surface area contributed by atoms with E-state index in [1.165, 1.54) is 199 Å². The summed E-state index contributed by atoms with van der Waals surface area (Å²) >= 11 is 0. The first-order valence-electron chi connectivity index (χ1n) is 28.2. The summed E-state index contributed by atoms with van der Waals surface area (Å²) in [6.45, 7) is 16.3. The van der Waals surface area contributed by atoms with E-state index in [1.807, 2.05) is 0 Å². The molecular weight excluding hydrogens is 781 g/mol. The van der Waals surface area contributed by atoms with E-state index in [-0.39, 0.29) is 11.9 Å². The Kier molecular flexibility index (Phi) is 49.3. The van der Waals surface area contributed by atoms with Gasteiger partial charge in [-0.2, -0.15) is 0 Å². The highest BCUT2D eigenvalue weighted by atomic mass is 16.5. The standard InChI is InChI=1S/C56H112N2O5/c1-6-10-14-17-21-31-41-53(39-29-13-9-4)51-62-55(60)43-33-23-19-25-36-46-58(49-48-57(5)45-35-27-28-38-50-59)47-37-26-20-24-34-44-56(61)63-52-54(40-30-16-12-8-3)42-32-22-18-15-11-7-2/h53-54,59H,6-52H2,1-5H3. The van der Waals surface area contributed by atoms with E-state index in [0.29, 0.717) is 44.5 Å². The summed E-state index contributed by atoms with van der Waals surface area (Å²) in [5.41, 5.74) is 0. The van der Waals surface area contributed by atoms with Gasteiger partial charge in [0, 0.05) is 32.5 Å². The van der Waals surface area contributed by atoms with Gasteiger partial charge in [0.2, 0.25) is 0 Å². The number of nitrogens with zero attached hydrogens (tertiary/aromatic N) is 2. The zero-order chi connectivity index (χ0) is 46.1. The molecule has 0 saturated carbocycles. The number of carbonyl (C=O) groups excluding carboxylic acids is 2. The SMILES string of the molecule is CCCCCCCCC(CCCCC)COC(=O)CCCCCCCN(CCCCCCCC(=O)OCC(CCCCCC)CCCCCCCC)CCN(C)CCCCCCO. The molecule has 1 N–H and O–H groups in total. The Hall–Kier alpha value is -1.18. The van der Waals surface area contributed by atoms with Gasteiger partial charge in [-0.25, -0.2) is 0 Å². The van der Waals surface area contributed by atoms with Gasteiger partial charge in [-0.1, -0.05) is 201 Å². The largest absolute Gasteiger partial charge is 0.465 e. The van der Waals surface area contributed by atoms with E-state index in [0.717, 1.165) is 71.2 Å². The lowest BCUT2D eigenvalue weighted by Gasteiger charge is -2.25. The quantitative estimate of drug-likeness (QED) is 0.0481. The molecule has 0 radical (unpaired) electrons. The minimum atomic E-state index is 0.0118. The predicted octanol–water partition coefficient (Wildman–Crippen LogP) is 15.8. The van der Waals surface area contributed by atoms with Crippen LogP contribution in [0.15, 0.2) is 0 Å². The van der Waals surface area contributed by atoms with Crippen molar-refractivity contribution in [3.63, 3.8) is 0 Å². The number of aliphatic hydroxyl groups is 1. The molecule has 0 aliphatic carbocycles. The molecule has 0 amide bonds. The Bertz CT molecular complexity index is 933. The highest BCUT2D eigenvalue weighted by molar-refractivity contribution is 5.69. The predicted molar refractivity (Wildman–Crippen MR) is 273 cm³/mol. The molecule has 7 heteroatoms. The molecule has 2 unspecified atom stereocenters. The monoisotopic (exact) mass is 893 g/mol. The summed E-state index contributed by atoms with van der Waals surface area (Å²) in [5.74, 6) is 1.10. The number of carbonyl (C=O) groups is 2. The molecule has 0 aliphatic rings. The molecule has 0 aromatic heterocycles. The summed E-state index contributed by atoms with van der Waals surface area (Å²) in [7, 11) is 2.26. The smallest absolute Gasteiger partial charge is 0.305 e. The number of hydrogen-bond acceptors (Lipinski definition) is 7. The van der Waals surface area contributed by atoms with Crippen LogP contribution in [-0.2, 0) is 19.1 Å². The minimum Gasteiger partial charge on any atom is -0.465 e. The fourth-order valence-corrected chi connectivity index (χ4v) is 9.03. The number of ether oxygens (including phenoxy) is 2. The zero-order valence-electron chi connectivity index (χ0n) is 43.4. The average Bonchev–Trinajstić information content (AvgIpc) is 3.28. The van der Waals surface area contributed by atoms with Crippen LogP contribution >= 0.6 is 0 Å². The number of aliphatic hydroxyl groups excluding tert-OH is 1. The third kappa shape index (κ3) is 45.7. The van der Waals surface area contributed by atoms with E-state index < -0.39 is 0 Å². The van der Waals surface area contributed by atoms with Crippen LogP contribution in [0.1, 0.15) is 278 Å². The lowest BCUT2D eigenvalue weighted by Crippen LogP contribution is -2.35. The number of hydrogen-bond donors (Lipinski definition) is 1. The molecule has 0 saturated heterocycles. The molecule has 0 aromatic carbocycles. The molecule has 7 nitrogen and oxygen atoms in total. The maximum Gasteiger partial charge on any atom is 0.305 e. The van der Waals surface area contributed by atoms with Crippen molar-refractivity contribution in [1.29, 1.82) is 0 Å². The van der Waals surface area contributed by atoms with Crippen LogP contribution < -0.4 is 0 Å². The Morgan fingerprint density at radius 1 is 0.381 bits per heavy atom. The van der Waals surface area contributed by atoms with E-state index in [4.69, 9.17) is 14.6 Å².